The van der Waals surface area contributed by atoms with Gasteiger partial charge in [0.2, 0.25) is 5.91 Å². The van der Waals surface area contributed by atoms with E-state index in [1.165, 1.54) is 5.01 Å². The summed E-state index contributed by atoms with van der Waals surface area (Å²) in [5, 5.41) is 13.0. The van der Waals surface area contributed by atoms with Crippen molar-refractivity contribution in [3.63, 3.8) is 0 Å². The molecule has 1 aromatic rings. The first-order valence-corrected chi connectivity index (χ1v) is 10.4. The van der Waals surface area contributed by atoms with Gasteiger partial charge < -0.3 is 16.0 Å². The summed E-state index contributed by atoms with van der Waals surface area (Å²) in [5.74, 6) is 0.945. The van der Waals surface area contributed by atoms with Gasteiger partial charge in [-0.2, -0.15) is 0 Å². The van der Waals surface area contributed by atoms with Crippen molar-refractivity contribution in [3.8, 4) is 0 Å². The highest BCUT2D eigenvalue weighted by Gasteiger charge is 2.21. The number of nitrogens with one attached hydrogen (secondary N) is 3. The first-order valence-electron chi connectivity index (χ1n) is 9.54. The quantitative estimate of drug-likeness (QED) is 0.469. The Morgan fingerprint density at radius 3 is 2.73 bits per heavy atom. The predicted octanol–water partition coefficient (Wildman–Crippen LogP) is 1.36. The van der Waals surface area contributed by atoms with Crippen molar-refractivity contribution in [1.29, 1.82) is 0 Å². The smallest absolute Gasteiger partial charge is 0.234 e. The van der Waals surface area contributed by atoms with Gasteiger partial charge in [-0.3, -0.25) is 14.7 Å². The minimum atomic E-state index is 0.130. The Bertz CT molecular complexity index is 580. The number of carbonyl (C=O) groups is 1. The van der Waals surface area contributed by atoms with Gasteiger partial charge in [0.05, 0.1) is 23.8 Å². The predicted molar refractivity (Wildman–Crippen MR) is 108 cm³/mol. The molecule has 0 saturated carbocycles. The van der Waals surface area contributed by atoms with Crippen molar-refractivity contribution in [1.82, 2.24) is 25.8 Å². The van der Waals surface area contributed by atoms with E-state index in [0.717, 1.165) is 57.0 Å². The second-order valence-electron chi connectivity index (χ2n) is 6.56. The van der Waals surface area contributed by atoms with Crippen LogP contribution in [-0.2, 0) is 17.8 Å². The van der Waals surface area contributed by atoms with Gasteiger partial charge in [-0.25, -0.2) is 4.98 Å². The number of hydrogen-bond donors (Lipinski definition) is 3. The third-order valence-electron chi connectivity index (χ3n) is 4.43. The lowest BCUT2D eigenvalue weighted by molar-refractivity contribution is -0.122. The number of aromatic nitrogens is 1. The molecule has 1 aromatic heterocycles. The van der Waals surface area contributed by atoms with Gasteiger partial charge in [0.15, 0.2) is 5.96 Å². The van der Waals surface area contributed by atoms with Crippen LogP contribution in [0.1, 0.15) is 43.8 Å². The average Bonchev–Trinajstić information content (AvgIpc) is 3.13. The van der Waals surface area contributed by atoms with E-state index in [2.05, 4.69) is 50.1 Å². The Morgan fingerprint density at radius 2 is 2.12 bits per heavy atom. The SMILES string of the molecule is CCCNC(=O)CN1CCC(NC(=NC)NCc2csc(CC)n2)CC1. The molecule has 1 aliphatic rings. The molecule has 3 N–H and O–H groups in total. The summed E-state index contributed by atoms with van der Waals surface area (Å²) >= 11 is 1.70. The second kappa shape index (κ2) is 11.1. The summed E-state index contributed by atoms with van der Waals surface area (Å²) in [5.41, 5.74) is 1.06. The summed E-state index contributed by atoms with van der Waals surface area (Å²) in [7, 11) is 1.79. The van der Waals surface area contributed by atoms with E-state index in [4.69, 9.17) is 0 Å². The Morgan fingerprint density at radius 1 is 1.35 bits per heavy atom. The molecule has 0 radical (unpaired) electrons. The molecule has 1 aliphatic heterocycles. The maximum absolute atomic E-state index is 11.8. The number of amides is 1. The van der Waals surface area contributed by atoms with Crippen molar-refractivity contribution in [3.05, 3.63) is 16.1 Å². The number of carbonyl (C=O) groups excluding carboxylic acids is 1. The van der Waals surface area contributed by atoms with Crippen LogP contribution in [0.5, 0.6) is 0 Å². The van der Waals surface area contributed by atoms with Crippen LogP contribution in [0.4, 0.5) is 0 Å². The number of nitrogens with zero attached hydrogens (tertiary/aromatic N) is 3. The third kappa shape index (κ3) is 6.92. The highest BCUT2D eigenvalue weighted by Crippen LogP contribution is 2.11. The van der Waals surface area contributed by atoms with E-state index in [0.29, 0.717) is 19.1 Å². The lowest BCUT2D eigenvalue weighted by Crippen LogP contribution is -2.50. The van der Waals surface area contributed by atoms with Crippen molar-refractivity contribution < 1.29 is 4.79 Å². The second-order valence-corrected chi connectivity index (χ2v) is 7.50. The molecule has 0 aliphatic carbocycles. The largest absolute Gasteiger partial charge is 0.355 e. The highest BCUT2D eigenvalue weighted by molar-refractivity contribution is 7.09. The molecule has 0 bridgehead atoms. The van der Waals surface area contributed by atoms with Crippen LogP contribution in [0, 0.1) is 0 Å². The number of hydrogen-bond acceptors (Lipinski definition) is 5. The molecule has 146 valence electrons. The van der Waals surface area contributed by atoms with E-state index in [9.17, 15) is 4.79 Å². The molecule has 26 heavy (non-hydrogen) atoms. The Kier molecular flexibility index (Phi) is 8.84. The molecule has 7 nitrogen and oxygen atoms in total. The van der Waals surface area contributed by atoms with E-state index < -0.39 is 0 Å². The van der Waals surface area contributed by atoms with Gasteiger partial charge in [0.1, 0.15) is 0 Å². The van der Waals surface area contributed by atoms with Crippen molar-refractivity contribution in [2.24, 2.45) is 4.99 Å². The topological polar surface area (TPSA) is 81.7 Å². The molecule has 1 amide bonds. The van der Waals surface area contributed by atoms with E-state index in [-0.39, 0.29) is 5.91 Å². The van der Waals surface area contributed by atoms with Crippen LogP contribution in [0.15, 0.2) is 10.4 Å². The van der Waals surface area contributed by atoms with E-state index in [1.807, 2.05) is 0 Å². The molecule has 8 heteroatoms. The fourth-order valence-corrected chi connectivity index (χ4v) is 3.66. The fourth-order valence-electron chi connectivity index (χ4n) is 2.91. The monoisotopic (exact) mass is 380 g/mol. The number of aliphatic imine (C=N–C) groups is 1. The number of aryl methyl sites for hydroxylation is 1. The zero-order chi connectivity index (χ0) is 18.8. The van der Waals surface area contributed by atoms with Gasteiger partial charge >= 0.3 is 0 Å². The first kappa shape index (κ1) is 20.6. The van der Waals surface area contributed by atoms with E-state index in [1.54, 1.807) is 18.4 Å². The highest BCUT2D eigenvalue weighted by atomic mass is 32.1. The molecule has 0 spiro atoms. The third-order valence-corrected chi connectivity index (χ3v) is 5.47. The van der Waals surface area contributed by atoms with E-state index >= 15 is 0 Å². The molecule has 2 heterocycles. The summed E-state index contributed by atoms with van der Waals surface area (Å²) < 4.78 is 0. The normalized spacial score (nSPS) is 16.5. The zero-order valence-corrected chi connectivity index (χ0v) is 17.0. The van der Waals surface area contributed by atoms with Gasteiger partial charge in [-0.05, 0) is 25.7 Å². The number of thiazole rings is 1. The van der Waals surface area contributed by atoms with Crippen LogP contribution < -0.4 is 16.0 Å². The lowest BCUT2D eigenvalue weighted by atomic mass is 10.1. The molecule has 0 unspecified atom stereocenters. The maximum atomic E-state index is 11.8. The number of piperidine rings is 1. The van der Waals surface area contributed by atoms with Gasteiger partial charge in [-0.15, -0.1) is 11.3 Å². The molecule has 0 atom stereocenters. The maximum Gasteiger partial charge on any atom is 0.234 e. The molecule has 1 fully saturated rings. The van der Waals surface area contributed by atoms with Gasteiger partial charge in [0.25, 0.3) is 0 Å². The van der Waals surface area contributed by atoms with Gasteiger partial charge in [0, 0.05) is 38.1 Å². The summed E-state index contributed by atoms with van der Waals surface area (Å²) in [4.78, 5) is 22.9. The van der Waals surface area contributed by atoms with Crippen molar-refractivity contribution in [2.75, 3.05) is 33.2 Å². The van der Waals surface area contributed by atoms with Crippen LogP contribution in [0.3, 0.4) is 0 Å². The molecular weight excluding hydrogens is 348 g/mol. The molecule has 2 rings (SSSR count). The van der Waals surface area contributed by atoms with Crippen LogP contribution in [0.2, 0.25) is 0 Å². The van der Waals surface area contributed by atoms with Crippen molar-refractivity contribution in [2.45, 2.75) is 52.1 Å². The Balaban J connectivity index is 1.68. The number of rotatable bonds is 8. The molecular formula is C18H32N6OS. The van der Waals surface area contributed by atoms with Crippen LogP contribution in [0.25, 0.3) is 0 Å². The molecule has 0 aromatic carbocycles. The number of guanidine groups is 1. The minimum absolute atomic E-state index is 0.130. The van der Waals surface area contributed by atoms with Crippen LogP contribution in [-0.4, -0.2) is 61.0 Å². The van der Waals surface area contributed by atoms with Crippen LogP contribution >= 0.6 is 11.3 Å². The average molecular weight is 381 g/mol. The standard InChI is InChI=1S/C18H32N6OS/c1-4-8-20-16(25)12-24-9-6-14(7-10-24)23-18(19-3)21-11-15-13-26-17(5-2)22-15/h13-14H,4-12H2,1-3H3,(H,20,25)(H2,19,21,23). The van der Waals surface area contributed by atoms with Crippen molar-refractivity contribution >= 4 is 23.2 Å². The molecule has 1 saturated heterocycles. The fraction of sp³-hybridized carbons (Fsp3) is 0.722. The zero-order valence-electron chi connectivity index (χ0n) is 16.2. The van der Waals surface area contributed by atoms with Gasteiger partial charge in [-0.1, -0.05) is 13.8 Å². The summed E-state index contributed by atoms with van der Waals surface area (Å²) in [6.45, 7) is 8.00. The Hall–Kier alpha value is -1.67. The first-order chi connectivity index (χ1) is 12.6. The Labute approximate surface area is 160 Å². The summed E-state index contributed by atoms with van der Waals surface area (Å²) in [6.07, 6.45) is 3.98. The summed E-state index contributed by atoms with van der Waals surface area (Å²) in [6, 6.07) is 0.387. The minimum Gasteiger partial charge on any atom is -0.355 e. The number of likely N-dealkylation sites (tertiary alicyclic amines) is 1. The lowest BCUT2D eigenvalue weighted by Gasteiger charge is -2.32.